The van der Waals surface area contributed by atoms with Gasteiger partial charge in [-0.25, -0.2) is 14.4 Å². The number of nitrogens with zero attached hydrogens (tertiary/aromatic N) is 3. The number of rotatable bonds is 2. The first kappa shape index (κ1) is 12.4. The molecule has 0 amide bonds. The van der Waals surface area contributed by atoms with Crippen LogP contribution in [0, 0.1) is 23.0 Å². The minimum atomic E-state index is -1.12. The first-order valence-corrected chi connectivity index (χ1v) is 5.44. The van der Waals surface area contributed by atoms with Gasteiger partial charge >= 0.3 is 0 Å². The summed E-state index contributed by atoms with van der Waals surface area (Å²) >= 11 is 3.02. The molecule has 1 aromatic carbocycles. The summed E-state index contributed by atoms with van der Waals surface area (Å²) < 4.78 is 31.9. The molecule has 0 aliphatic rings. The van der Waals surface area contributed by atoms with Crippen LogP contribution in [-0.4, -0.2) is 9.97 Å². The predicted molar refractivity (Wildman–Crippen MR) is 60.9 cm³/mol. The molecule has 0 N–H and O–H groups in total. The highest BCUT2D eigenvalue weighted by atomic mass is 79.9. The summed E-state index contributed by atoms with van der Waals surface area (Å²) in [6.07, 6.45) is 2.32. The van der Waals surface area contributed by atoms with Gasteiger partial charge in [0.05, 0.1) is 12.4 Å². The van der Waals surface area contributed by atoms with Crippen LogP contribution < -0.4 is 4.74 Å². The van der Waals surface area contributed by atoms with Gasteiger partial charge < -0.3 is 4.74 Å². The molecule has 0 unspecified atom stereocenters. The molecule has 0 aliphatic heterocycles. The Hall–Kier alpha value is -2.07. The lowest BCUT2D eigenvalue weighted by atomic mass is 10.3. The van der Waals surface area contributed by atoms with Crippen molar-refractivity contribution in [1.29, 1.82) is 5.26 Å². The third-order valence-corrected chi connectivity index (χ3v) is 2.37. The summed E-state index contributed by atoms with van der Waals surface area (Å²) in [7, 11) is 0. The van der Waals surface area contributed by atoms with Gasteiger partial charge in [0.2, 0.25) is 11.7 Å². The van der Waals surface area contributed by atoms with E-state index in [4.69, 9.17) is 10.00 Å². The third kappa shape index (κ3) is 2.60. The molecule has 2 rings (SSSR count). The number of nitriles is 1. The lowest BCUT2D eigenvalue weighted by Gasteiger charge is -2.06. The normalized spacial score (nSPS) is 9.89. The van der Waals surface area contributed by atoms with E-state index in [0.717, 1.165) is 12.3 Å². The lowest BCUT2D eigenvalue weighted by molar-refractivity contribution is 0.403. The Kier molecular flexibility index (Phi) is 3.48. The molecule has 2 aromatic rings. The van der Waals surface area contributed by atoms with E-state index in [9.17, 15) is 8.78 Å². The van der Waals surface area contributed by atoms with Gasteiger partial charge in [-0.05, 0) is 12.1 Å². The van der Waals surface area contributed by atoms with E-state index in [1.165, 1.54) is 12.3 Å². The summed E-state index contributed by atoms with van der Waals surface area (Å²) in [6.45, 7) is 0. The second kappa shape index (κ2) is 5.06. The summed E-state index contributed by atoms with van der Waals surface area (Å²) in [5.41, 5.74) is 0.100. The second-order valence-electron chi connectivity index (χ2n) is 3.15. The van der Waals surface area contributed by atoms with Crippen molar-refractivity contribution in [3.8, 4) is 17.7 Å². The molecule has 0 aliphatic carbocycles. The Morgan fingerprint density at radius 2 is 2.00 bits per heavy atom. The maximum Gasteiger partial charge on any atom is 0.238 e. The minimum absolute atomic E-state index is 0.0367. The molecule has 0 saturated heterocycles. The van der Waals surface area contributed by atoms with Crippen LogP contribution >= 0.6 is 15.9 Å². The maximum absolute atomic E-state index is 13.4. The van der Waals surface area contributed by atoms with Crippen LogP contribution in [0.15, 0.2) is 29.0 Å². The number of hydrogen-bond acceptors (Lipinski definition) is 4. The SMILES string of the molecule is N#Cc1cnc(Oc2cc(Br)cc(F)c2F)cn1. The zero-order chi connectivity index (χ0) is 13.1. The van der Waals surface area contributed by atoms with Crippen molar-refractivity contribution in [2.75, 3.05) is 0 Å². The standard InChI is InChI=1S/C11H4BrF2N3O/c12-6-1-8(13)11(14)9(2-6)18-10-5-16-7(3-15)4-17-10/h1-2,4-5H. The van der Waals surface area contributed by atoms with Crippen LogP contribution in [0.1, 0.15) is 5.69 Å². The predicted octanol–water partition coefficient (Wildman–Crippen LogP) is 3.18. The zero-order valence-electron chi connectivity index (χ0n) is 8.69. The quantitative estimate of drug-likeness (QED) is 0.799. The van der Waals surface area contributed by atoms with E-state index in [-0.39, 0.29) is 17.3 Å². The van der Waals surface area contributed by atoms with E-state index in [1.807, 2.05) is 0 Å². The maximum atomic E-state index is 13.4. The molecule has 0 spiro atoms. The second-order valence-corrected chi connectivity index (χ2v) is 4.07. The molecule has 18 heavy (non-hydrogen) atoms. The molecule has 0 radical (unpaired) electrons. The van der Waals surface area contributed by atoms with Gasteiger partial charge in [0.1, 0.15) is 6.07 Å². The average Bonchev–Trinajstić information content (AvgIpc) is 2.36. The van der Waals surface area contributed by atoms with Crippen molar-refractivity contribution < 1.29 is 13.5 Å². The van der Waals surface area contributed by atoms with Crippen LogP contribution in [0.4, 0.5) is 8.78 Å². The molecule has 0 bridgehead atoms. The number of benzene rings is 1. The van der Waals surface area contributed by atoms with Gasteiger partial charge in [0.15, 0.2) is 17.3 Å². The summed E-state index contributed by atoms with van der Waals surface area (Å²) in [5, 5.41) is 8.53. The Balaban J connectivity index is 2.31. The highest BCUT2D eigenvalue weighted by Gasteiger charge is 2.12. The van der Waals surface area contributed by atoms with E-state index >= 15 is 0 Å². The molecule has 7 heteroatoms. The van der Waals surface area contributed by atoms with E-state index in [1.54, 1.807) is 6.07 Å². The number of halogens is 3. The largest absolute Gasteiger partial charge is 0.434 e. The average molecular weight is 312 g/mol. The Morgan fingerprint density at radius 1 is 1.22 bits per heavy atom. The highest BCUT2D eigenvalue weighted by molar-refractivity contribution is 9.10. The molecule has 4 nitrogen and oxygen atoms in total. The molecular formula is C11H4BrF2N3O. The van der Waals surface area contributed by atoms with Crippen molar-refractivity contribution in [1.82, 2.24) is 9.97 Å². The van der Waals surface area contributed by atoms with Crippen molar-refractivity contribution in [3.05, 3.63) is 46.3 Å². The number of aromatic nitrogens is 2. The number of hydrogen-bond donors (Lipinski definition) is 0. The molecular weight excluding hydrogens is 308 g/mol. The van der Waals surface area contributed by atoms with Gasteiger partial charge in [-0.3, -0.25) is 0 Å². The van der Waals surface area contributed by atoms with Crippen LogP contribution in [0.5, 0.6) is 11.6 Å². The van der Waals surface area contributed by atoms with Gasteiger partial charge in [-0.2, -0.15) is 9.65 Å². The minimum Gasteiger partial charge on any atom is -0.434 e. The Morgan fingerprint density at radius 3 is 2.61 bits per heavy atom. The first-order valence-electron chi connectivity index (χ1n) is 4.64. The zero-order valence-corrected chi connectivity index (χ0v) is 10.3. The molecule has 1 aromatic heterocycles. The monoisotopic (exact) mass is 311 g/mol. The van der Waals surface area contributed by atoms with E-state index < -0.39 is 11.6 Å². The van der Waals surface area contributed by atoms with Crippen molar-refractivity contribution in [3.63, 3.8) is 0 Å². The van der Waals surface area contributed by atoms with Gasteiger partial charge in [-0.1, -0.05) is 15.9 Å². The van der Waals surface area contributed by atoms with Crippen molar-refractivity contribution in [2.45, 2.75) is 0 Å². The Labute approximate surface area is 109 Å². The van der Waals surface area contributed by atoms with E-state index in [0.29, 0.717) is 4.47 Å². The summed E-state index contributed by atoms with van der Waals surface area (Å²) in [6, 6.07) is 4.02. The summed E-state index contributed by atoms with van der Waals surface area (Å²) in [4.78, 5) is 7.42. The molecule has 90 valence electrons. The molecule has 1 heterocycles. The fraction of sp³-hybridized carbons (Fsp3) is 0. The fourth-order valence-corrected chi connectivity index (χ4v) is 1.55. The van der Waals surface area contributed by atoms with Gasteiger partial charge in [-0.15, -0.1) is 0 Å². The fourth-order valence-electron chi connectivity index (χ4n) is 1.15. The molecule has 0 atom stereocenters. The first-order chi connectivity index (χ1) is 8.60. The summed E-state index contributed by atoms with van der Waals surface area (Å²) in [5.74, 6) is -2.52. The van der Waals surface area contributed by atoms with Gasteiger partial charge in [0.25, 0.3) is 0 Å². The van der Waals surface area contributed by atoms with Crippen LogP contribution in [0.3, 0.4) is 0 Å². The van der Waals surface area contributed by atoms with Crippen LogP contribution in [-0.2, 0) is 0 Å². The highest BCUT2D eigenvalue weighted by Crippen LogP contribution is 2.28. The number of ether oxygens (including phenoxy) is 1. The molecule has 0 saturated carbocycles. The smallest absolute Gasteiger partial charge is 0.238 e. The van der Waals surface area contributed by atoms with Crippen molar-refractivity contribution in [2.24, 2.45) is 0 Å². The lowest BCUT2D eigenvalue weighted by Crippen LogP contribution is -1.95. The van der Waals surface area contributed by atoms with Crippen LogP contribution in [0.25, 0.3) is 0 Å². The topological polar surface area (TPSA) is 58.8 Å². The van der Waals surface area contributed by atoms with Crippen molar-refractivity contribution >= 4 is 15.9 Å². The van der Waals surface area contributed by atoms with Crippen LogP contribution in [0.2, 0.25) is 0 Å². The molecule has 0 fully saturated rings. The van der Waals surface area contributed by atoms with E-state index in [2.05, 4.69) is 25.9 Å². The third-order valence-electron chi connectivity index (χ3n) is 1.92. The van der Waals surface area contributed by atoms with Gasteiger partial charge in [0, 0.05) is 4.47 Å². The Bertz CT molecular complexity index is 625.